The van der Waals surface area contributed by atoms with Crippen LogP contribution in [-0.4, -0.2) is 28.6 Å². The number of hydrogen-bond acceptors (Lipinski definition) is 2. The van der Waals surface area contributed by atoms with Crippen molar-refractivity contribution in [2.24, 2.45) is 0 Å². The molecule has 3 nitrogen and oxygen atoms in total. The second kappa shape index (κ2) is 5.36. The monoisotopic (exact) mass is 315 g/mol. The van der Waals surface area contributed by atoms with Gasteiger partial charge in [0.1, 0.15) is 11.9 Å². The fraction of sp³-hybridized carbons (Fsp3) is 0.462. The summed E-state index contributed by atoms with van der Waals surface area (Å²) in [6.07, 6.45) is 1.58. The topological polar surface area (TPSA) is 40.5 Å². The standard InChI is InChI=1S/C13H15BrFNO2/c1-8(9-4-5-11(15)10(14)7-9)16-6-2-3-12(16)13(17)18/h4-5,7-8,12H,2-3,6H2,1H3,(H,17,18). The molecule has 0 bridgehead atoms. The van der Waals surface area contributed by atoms with E-state index in [1.165, 1.54) is 6.07 Å². The first-order chi connectivity index (χ1) is 8.50. The van der Waals surface area contributed by atoms with Crippen LogP contribution in [0.5, 0.6) is 0 Å². The SMILES string of the molecule is CC(c1ccc(F)c(Br)c1)N1CCCC1C(=O)O. The average Bonchev–Trinajstić information content (AvgIpc) is 2.81. The van der Waals surface area contributed by atoms with Crippen molar-refractivity contribution in [1.82, 2.24) is 4.90 Å². The molecular weight excluding hydrogens is 301 g/mol. The zero-order chi connectivity index (χ0) is 13.3. The molecule has 0 aliphatic carbocycles. The quantitative estimate of drug-likeness (QED) is 0.931. The molecule has 0 amide bonds. The van der Waals surface area contributed by atoms with Crippen molar-refractivity contribution in [3.8, 4) is 0 Å². The number of carboxylic acid groups (broad SMARTS) is 1. The van der Waals surface area contributed by atoms with E-state index < -0.39 is 12.0 Å². The zero-order valence-electron chi connectivity index (χ0n) is 10.1. The highest BCUT2D eigenvalue weighted by Gasteiger charge is 2.34. The van der Waals surface area contributed by atoms with Crippen LogP contribution in [0.15, 0.2) is 22.7 Å². The first kappa shape index (κ1) is 13.5. The molecule has 18 heavy (non-hydrogen) atoms. The molecule has 0 spiro atoms. The Hall–Kier alpha value is -0.940. The predicted molar refractivity (Wildman–Crippen MR) is 69.9 cm³/mol. The molecule has 0 aromatic heterocycles. The maximum Gasteiger partial charge on any atom is 0.320 e. The summed E-state index contributed by atoms with van der Waals surface area (Å²) >= 11 is 3.16. The van der Waals surface area contributed by atoms with E-state index in [1.54, 1.807) is 12.1 Å². The molecular formula is C13H15BrFNO2. The summed E-state index contributed by atoms with van der Waals surface area (Å²) in [5.74, 6) is -1.08. The summed E-state index contributed by atoms with van der Waals surface area (Å²) in [7, 11) is 0. The average molecular weight is 316 g/mol. The molecule has 1 aliphatic heterocycles. The summed E-state index contributed by atoms with van der Waals surface area (Å²) in [6, 6.07) is 4.38. The lowest BCUT2D eigenvalue weighted by molar-refractivity contribution is -0.142. The predicted octanol–water partition coefficient (Wildman–Crippen LogP) is 3.20. The van der Waals surface area contributed by atoms with E-state index in [0.717, 1.165) is 18.5 Å². The van der Waals surface area contributed by atoms with E-state index in [0.29, 0.717) is 10.9 Å². The van der Waals surface area contributed by atoms with Crippen molar-refractivity contribution in [3.63, 3.8) is 0 Å². The van der Waals surface area contributed by atoms with Gasteiger partial charge in [0.05, 0.1) is 4.47 Å². The van der Waals surface area contributed by atoms with Gasteiger partial charge < -0.3 is 5.11 Å². The van der Waals surface area contributed by atoms with Crippen LogP contribution >= 0.6 is 15.9 Å². The minimum Gasteiger partial charge on any atom is -0.480 e. The Bertz CT molecular complexity index is 466. The van der Waals surface area contributed by atoms with Gasteiger partial charge in [0, 0.05) is 6.04 Å². The minimum atomic E-state index is -0.777. The highest BCUT2D eigenvalue weighted by atomic mass is 79.9. The number of likely N-dealkylation sites (tertiary alicyclic amines) is 1. The molecule has 1 saturated heterocycles. The van der Waals surface area contributed by atoms with Crippen LogP contribution < -0.4 is 0 Å². The second-order valence-electron chi connectivity index (χ2n) is 4.58. The third kappa shape index (κ3) is 2.57. The third-order valence-corrected chi connectivity index (χ3v) is 4.11. The van der Waals surface area contributed by atoms with Gasteiger partial charge in [0.15, 0.2) is 0 Å². The summed E-state index contributed by atoms with van der Waals surface area (Å²) < 4.78 is 13.6. The Kier molecular flexibility index (Phi) is 4.02. The van der Waals surface area contributed by atoms with Gasteiger partial charge in [0.25, 0.3) is 0 Å². The van der Waals surface area contributed by atoms with Gasteiger partial charge in [-0.3, -0.25) is 9.69 Å². The third-order valence-electron chi connectivity index (χ3n) is 3.50. The molecule has 2 unspecified atom stereocenters. The zero-order valence-corrected chi connectivity index (χ0v) is 11.7. The molecule has 1 heterocycles. The Balaban J connectivity index is 2.22. The van der Waals surface area contributed by atoms with E-state index in [1.807, 2.05) is 11.8 Å². The summed E-state index contributed by atoms with van der Waals surface area (Å²) in [4.78, 5) is 13.1. The van der Waals surface area contributed by atoms with Crippen LogP contribution in [0.4, 0.5) is 4.39 Å². The number of halogens is 2. The van der Waals surface area contributed by atoms with E-state index in [-0.39, 0.29) is 11.9 Å². The molecule has 1 aliphatic rings. The Morgan fingerprint density at radius 2 is 2.33 bits per heavy atom. The van der Waals surface area contributed by atoms with E-state index in [9.17, 15) is 9.18 Å². The lowest BCUT2D eigenvalue weighted by Crippen LogP contribution is -2.37. The number of aliphatic carboxylic acids is 1. The van der Waals surface area contributed by atoms with Gasteiger partial charge in [-0.25, -0.2) is 4.39 Å². The maximum atomic E-state index is 13.2. The number of rotatable bonds is 3. The molecule has 1 N–H and O–H groups in total. The number of carbonyl (C=O) groups is 1. The molecule has 0 saturated carbocycles. The second-order valence-corrected chi connectivity index (χ2v) is 5.44. The highest BCUT2D eigenvalue weighted by molar-refractivity contribution is 9.10. The fourth-order valence-electron chi connectivity index (χ4n) is 2.48. The number of benzene rings is 1. The first-order valence-corrected chi connectivity index (χ1v) is 6.73. The molecule has 2 rings (SSSR count). The number of carboxylic acids is 1. The molecule has 1 fully saturated rings. The number of hydrogen-bond donors (Lipinski definition) is 1. The minimum absolute atomic E-state index is 0.0227. The number of nitrogens with zero attached hydrogens (tertiary/aromatic N) is 1. The van der Waals surface area contributed by atoms with Crippen LogP contribution in [0.2, 0.25) is 0 Å². The van der Waals surface area contributed by atoms with Gasteiger partial charge in [-0.15, -0.1) is 0 Å². The van der Waals surface area contributed by atoms with Gasteiger partial charge >= 0.3 is 5.97 Å². The van der Waals surface area contributed by atoms with Crippen molar-refractivity contribution in [2.45, 2.75) is 31.8 Å². The smallest absolute Gasteiger partial charge is 0.320 e. The largest absolute Gasteiger partial charge is 0.480 e. The van der Waals surface area contributed by atoms with E-state index in [4.69, 9.17) is 5.11 Å². The van der Waals surface area contributed by atoms with Crippen molar-refractivity contribution < 1.29 is 14.3 Å². The molecule has 0 radical (unpaired) electrons. The Labute approximate surface area is 114 Å². The Morgan fingerprint density at radius 1 is 1.61 bits per heavy atom. The summed E-state index contributed by atoms with van der Waals surface area (Å²) in [6.45, 7) is 2.73. The molecule has 98 valence electrons. The normalized spacial score (nSPS) is 22.1. The van der Waals surface area contributed by atoms with Gasteiger partial charge in [-0.05, 0) is 59.9 Å². The van der Waals surface area contributed by atoms with Crippen molar-refractivity contribution in [3.05, 3.63) is 34.1 Å². The van der Waals surface area contributed by atoms with E-state index in [2.05, 4.69) is 15.9 Å². The van der Waals surface area contributed by atoms with Crippen LogP contribution in [0, 0.1) is 5.82 Å². The van der Waals surface area contributed by atoms with Crippen molar-refractivity contribution in [2.75, 3.05) is 6.54 Å². The van der Waals surface area contributed by atoms with Crippen LogP contribution in [0.1, 0.15) is 31.4 Å². The Morgan fingerprint density at radius 3 is 2.94 bits per heavy atom. The van der Waals surface area contributed by atoms with Gasteiger partial charge in [0.2, 0.25) is 0 Å². The first-order valence-electron chi connectivity index (χ1n) is 5.94. The lowest BCUT2D eigenvalue weighted by Gasteiger charge is -2.28. The highest BCUT2D eigenvalue weighted by Crippen LogP contribution is 2.31. The maximum absolute atomic E-state index is 13.2. The van der Waals surface area contributed by atoms with Crippen molar-refractivity contribution in [1.29, 1.82) is 0 Å². The van der Waals surface area contributed by atoms with Crippen LogP contribution in [-0.2, 0) is 4.79 Å². The van der Waals surface area contributed by atoms with Crippen LogP contribution in [0.25, 0.3) is 0 Å². The molecule has 2 atom stereocenters. The molecule has 1 aromatic rings. The van der Waals surface area contributed by atoms with Crippen molar-refractivity contribution >= 4 is 21.9 Å². The summed E-state index contributed by atoms with van der Waals surface area (Å²) in [5, 5.41) is 9.17. The molecule has 1 aromatic carbocycles. The van der Waals surface area contributed by atoms with Gasteiger partial charge in [-0.2, -0.15) is 0 Å². The summed E-state index contributed by atoms with van der Waals surface area (Å²) in [5.41, 5.74) is 0.927. The van der Waals surface area contributed by atoms with E-state index >= 15 is 0 Å². The molecule has 5 heteroatoms. The van der Waals surface area contributed by atoms with Crippen LogP contribution in [0.3, 0.4) is 0 Å². The fourth-order valence-corrected chi connectivity index (χ4v) is 2.88. The van der Waals surface area contributed by atoms with Gasteiger partial charge in [-0.1, -0.05) is 6.07 Å². The lowest BCUT2D eigenvalue weighted by atomic mass is 10.1.